The average Bonchev–Trinajstić information content (AvgIpc) is 2.19. The summed E-state index contributed by atoms with van der Waals surface area (Å²) in [5, 5.41) is 0. The van der Waals surface area contributed by atoms with Crippen LogP contribution >= 0.6 is 0 Å². The van der Waals surface area contributed by atoms with Gasteiger partial charge in [-0.3, -0.25) is 0 Å². The summed E-state index contributed by atoms with van der Waals surface area (Å²) in [4.78, 5) is 11.6. The Hall–Kier alpha value is 0.821. The van der Waals surface area contributed by atoms with Gasteiger partial charge < -0.3 is 0 Å². The standard InChI is InChI=1S/C10H20O2.Nd/c1-4-7-8-10(5-2,6-3)9(11)12;/h4-8H2,1-3H3,(H,11,12);/q;+1/p-1. The summed E-state index contributed by atoms with van der Waals surface area (Å²) in [6.45, 7) is 6.32. The van der Waals surface area contributed by atoms with E-state index in [2.05, 4.69) is 20.8 Å². The van der Waals surface area contributed by atoms with Gasteiger partial charge in [0, 0.05) is 0 Å². The van der Waals surface area contributed by atoms with E-state index in [-0.39, 0.29) is 11.4 Å². The molecule has 0 aliphatic heterocycles. The van der Waals surface area contributed by atoms with E-state index in [4.69, 9.17) is 1.06 Å². The van der Waals surface area contributed by atoms with Crippen molar-refractivity contribution in [2.24, 2.45) is 5.41 Å². The van der Waals surface area contributed by atoms with Gasteiger partial charge in [-0.25, -0.2) is 0 Å². The van der Waals surface area contributed by atoms with E-state index in [0.717, 1.165) is 32.1 Å². The first-order valence-corrected chi connectivity index (χ1v) is 6.35. The van der Waals surface area contributed by atoms with Crippen LogP contribution in [-0.4, -0.2) is 5.97 Å². The summed E-state index contributed by atoms with van der Waals surface area (Å²) < 4.78 is 4.99. The van der Waals surface area contributed by atoms with E-state index in [1.807, 2.05) is 0 Å². The van der Waals surface area contributed by atoms with Crippen LogP contribution in [0.2, 0.25) is 0 Å². The van der Waals surface area contributed by atoms with Crippen molar-refractivity contribution in [1.82, 2.24) is 0 Å². The van der Waals surface area contributed by atoms with E-state index in [0.29, 0.717) is 39.4 Å². The molecular weight excluding hydrogens is 296 g/mol. The van der Waals surface area contributed by atoms with Gasteiger partial charge in [-0.1, -0.05) is 0 Å². The molecule has 0 saturated carbocycles. The molecule has 0 spiro atoms. The number of unbranched alkanes of at least 4 members (excludes halogenated alkanes) is 1. The predicted molar refractivity (Wildman–Crippen MR) is 48.6 cm³/mol. The van der Waals surface area contributed by atoms with E-state index >= 15 is 0 Å². The van der Waals surface area contributed by atoms with Gasteiger partial charge in [0.05, 0.1) is 0 Å². The third kappa shape index (κ3) is 3.82. The molecular formula is C10H19NdO2. The second kappa shape index (κ2) is 7.16. The Morgan fingerprint density at radius 3 is 2.15 bits per heavy atom. The Bertz CT molecular complexity index is 153. The van der Waals surface area contributed by atoms with Gasteiger partial charge in [-0.15, -0.1) is 0 Å². The summed E-state index contributed by atoms with van der Waals surface area (Å²) in [7, 11) is 0. The van der Waals surface area contributed by atoms with Gasteiger partial charge in [0.2, 0.25) is 0 Å². The Kier molecular flexibility index (Phi) is 7.61. The fourth-order valence-corrected chi connectivity index (χ4v) is 2.31. The first kappa shape index (κ1) is 13.8. The van der Waals surface area contributed by atoms with Gasteiger partial charge in [-0.2, -0.15) is 0 Å². The SMILES string of the molecule is CCCCC(CC)(CC)C(=O)[O][Nd]. The molecule has 0 rings (SSSR count). The van der Waals surface area contributed by atoms with Crippen molar-refractivity contribution < 1.29 is 45.2 Å². The van der Waals surface area contributed by atoms with Gasteiger partial charge in [-0.05, 0) is 0 Å². The second-order valence-electron chi connectivity index (χ2n) is 3.48. The summed E-state index contributed by atoms with van der Waals surface area (Å²) in [5.74, 6) is 0.0256. The van der Waals surface area contributed by atoms with E-state index in [1.54, 1.807) is 0 Å². The third-order valence-electron chi connectivity index (χ3n) is 2.89. The molecule has 0 N–H and O–H groups in total. The molecule has 3 heteroatoms. The molecule has 0 radical (unpaired) electrons. The van der Waals surface area contributed by atoms with Crippen LogP contribution in [0.5, 0.6) is 0 Å². The maximum absolute atomic E-state index is 11.6. The first-order valence-electron chi connectivity index (χ1n) is 5.04. The van der Waals surface area contributed by atoms with Crippen LogP contribution in [0.4, 0.5) is 0 Å². The van der Waals surface area contributed by atoms with Crippen LogP contribution in [0.3, 0.4) is 0 Å². The van der Waals surface area contributed by atoms with Crippen molar-refractivity contribution in [3.8, 4) is 0 Å². The summed E-state index contributed by atoms with van der Waals surface area (Å²) in [6, 6.07) is 0. The normalized spacial score (nSPS) is 11.2. The van der Waals surface area contributed by atoms with Crippen LogP contribution in [0.25, 0.3) is 0 Å². The number of hydrogen-bond acceptors (Lipinski definition) is 2. The third-order valence-corrected chi connectivity index (χ3v) is 3.48. The summed E-state index contributed by atoms with van der Waals surface area (Å²) in [5.41, 5.74) is -0.183. The molecule has 0 atom stereocenters. The quantitative estimate of drug-likeness (QED) is 0.753. The van der Waals surface area contributed by atoms with Crippen LogP contribution < -0.4 is 0 Å². The Balaban J connectivity index is 4.39. The van der Waals surface area contributed by atoms with Crippen LogP contribution in [-0.2, 0) is 5.86 Å². The fourth-order valence-electron chi connectivity index (χ4n) is 1.62. The van der Waals surface area contributed by atoms with Crippen LogP contribution in [0, 0.1) is 44.8 Å². The van der Waals surface area contributed by atoms with Crippen molar-refractivity contribution in [2.75, 3.05) is 0 Å². The Labute approximate surface area is 108 Å². The Morgan fingerprint density at radius 2 is 1.85 bits per heavy atom. The molecule has 0 aromatic carbocycles. The molecule has 0 aromatic rings. The van der Waals surface area contributed by atoms with Crippen molar-refractivity contribution in [3.05, 3.63) is 0 Å². The summed E-state index contributed by atoms with van der Waals surface area (Å²) >= 11 is 0.522. The van der Waals surface area contributed by atoms with Gasteiger partial charge in [0.1, 0.15) is 0 Å². The Morgan fingerprint density at radius 1 is 1.31 bits per heavy atom. The average molecular weight is 316 g/mol. The minimum atomic E-state index is -0.183. The van der Waals surface area contributed by atoms with Crippen LogP contribution in [0.15, 0.2) is 0 Å². The molecule has 0 amide bonds. The maximum atomic E-state index is 11.6. The monoisotopic (exact) mass is 313 g/mol. The molecule has 0 saturated heterocycles. The van der Waals surface area contributed by atoms with Crippen molar-refractivity contribution >= 4 is 5.97 Å². The molecule has 13 heavy (non-hydrogen) atoms. The zero-order valence-electron chi connectivity index (χ0n) is 8.85. The van der Waals surface area contributed by atoms with Gasteiger partial charge in [0.25, 0.3) is 0 Å². The predicted octanol–water partition coefficient (Wildman–Crippen LogP) is 2.99. The summed E-state index contributed by atoms with van der Waals surface area (Å²) in [6.07, 6.45) is 5.07. The van der Waals surface area contributed by atoms with E-state index in [1.165, 1.54) is 0 Å². The number of hydrogen-bond donors (Lipinski definition) is 0. The molecule has 0 fully saturated rings. The van der Waals surface area contributed by atoms with Crippen molar-refractivity contribution in [2.45, 2.75) is 52.9 Å². The van der Waals surface area contributed by atoms with Gasteiger partial charge >= 0.3 is 109 Å². The van der Waals surface area contributed by atoms with E-state index < -0.39 is 0 Å². The second-order valence-corrected chi connectivity index (χ2v) is 4.14. The van der Waals surface area contributed by atoms with Crippen molar-refractivity contribution in [3.63, 3.8) is 0 Å². The topological polar surface area (TPSA) is 26.3 Å². The zero-order chi connectivity index (χ0) is 10.3. The molecule has 2 nitrogen and oxygen atoms in total. The molecule has 75 valence electrons. The fraction of sp³-hybridized carbons (Fsp3) is 0.900. The van der Waals surface area contributed by atoms with Crippen LogP contribution in [0.1, 0.15) is 52.9 Å². The van der Waals surface area contributed by atoms with Crippen molar-refractivity contribution in [1.29, 1.82) is 0 Å². The molecule has 0 heterocycles. The zero-order valence-corrected chi connectivity index (χ0v) is 12.1. The van der Waals surface area contributed by atoms with Gasteiger partial charge in [0.15, 0.2) is 0 Å². The molecule has 0 aliphatic carbocycles. The molecule has 0 bridgehead atoms. The number of rotatable bonds is 6. The van der Waals surface area contributed by atoms with E-state index in [9.17, 15) is 4.79 Å². The number of carbonyl (C=O) groups is 1. The molecule has 0 aromatic heterocycles. The molecule has 0 aliphatic rings. The first-order chi connectivity index (χ1) is 6.16. The minimum absolute atomic E-state index is 0.0256. The molecule has 0 unspecified atom stereocenters. The number of carbonyl (C=O) groups excluding carboxylic acids is 1.